The molecule has 70 valence electrons. The molecule has 0 saturated heterocycles. The maximum absolute atomic E-state index is 5.67. The van der Waals surface area contributed by atoms with Crippen molar-refractivity contribution in [2.75, 3.05) is 5.73 Å². The highest BCUT2D eigenvalue weighted by Gasteiger charge is 2.03. The van der Waals surface area contributed by atoms with Crippen LogP contribution < -0.4 is 5.73 Å². The van der Waals surface area contributed by atoms with E-state index >= 15 is 0 Å². The number of anilines is 1. The second-order valence-corrected chi connectivity index (χ2v) is 2.87. The summed E-state index contributed by atoms with van der Waals surface area (Å²) in [7, 11) is 0. The molecule has 0 saturated carbocycles. The minimum Gasteiger partial charge on any atom is -0.394 e. The lowest BCUT2D eigenvalue weighted by Crippen LogP contribution is -1.97. The third-order valence-corrected chi connectivity index (χ3v) is 1.81. The molecule has 0 aliphatic carbocycles. The summed E-state index contributed by atoms with van der Waals surface area (Å²) in [6.45, 7) is 3.92. The Kier molecular flexibility index (Phi) is 2.43. The first-order valence-electron chi connectivity index (χ1n) is 3.76. The summed E-state index contributed by atoms with van der Waals surface area (Å²) in [6.07, 6.45) is 1.62. The fourth-order valence-electron chi connectivity index (χ4n) is 1.29. The van der Waals surface area contributed by atoms with Gasteiger partial charge in [0.1, 0.15) is 0 Å². The van der Waals surface area contributed by atoms with Crippen molar-refractivity contribution >= 4 is 23.7 Å². The lowest BCUT2D eigenvalue weighted by molar-refractivity contribution is 0.886. The molecule has 2 N–H and O–H groups in total. The molecule has 0 atom stereocenters. The number of hydrogen-bond acceptors (Lipinski definition) is 3. The third kappa shape index (κ3) is 1.45. The van der Waals surface area contributed by atoms with Crippen LogP contribution in [0.15, 0.2) is 12.3 Å². The molecule has 5 heteroatoms. The third-order valence-electron chi connectivity index (χ3n) is 1.81. The Labute approximate surface area is 82.2 Å². The van der Waals surface area contributed by atoms with E-state index in [2.05, 4.69) is 10.1 Å². The van der Waals surface area contributed by atoms with Crippen LogP contribution in [0.3, 0.4) is 0 Å². The number of nitrogens with two attached hydrogens (primary N) is 1. The van der Waals surface area contributed by atoms with E-state index in [1.807, 2.05) is 19.9 Å². The summed E-state index contributed by atoms with van der Waals surface area (Å²) in [5.41, 5.74) is 9.05. The van der Waals surface area contributed by atoms with E-state index in [1.165, 1.54) is 0 Å². The number of rotatable bonds is 0. The maximum atomic E-state index is 5.67. The van der Waals surface area contributed by atoms with Gasteiger partial charge in [0.25, 0.3) is 0 Å². The molecule has 0 unspecified atom stereocenters. The van der Waals surface area contributed by atoms with Crippen molar-refractivity contribution in [3.63, 3.8) is 0 Å². The lowest BCUT2D eigenvalue weighted by Gasteiger charge is -1.99. The van der Waals surface area contributed by atoms with E-state index in [1.54, 1.807) is 10.7 Å². The van der Waals surface area contributed by atoms with Gasteiger partial charge in [-0.25, -0.2) is 9.50 Å². The van der Waals surface area contributed by atoms with Crippen LogP contribution in [0.5, 0.6) is 0 Å². The Morgan fingerprint density at radius 1 is 1.38 bits per heavy atom. The van der Waals surface area contributed by atoms with Crippen molar-refractivity contribution in [1.29, 1.82) is 0 Å². The molecular formula is C8H11ClN4. The van der Waals surface area contributed by atoms with Gasteiger partial charge in [-0.2, -0.15) is 5.10 Å². The number of fused-ring (bicyclic) bond motifs is 1. The van der Waals surface area contributed by atoms with Crippen LogP contribution in [0.2, 0.25) is 0 Å². The Balaban J connectivity index is 0.000000845. The first kappa shape index (κ1) is 9.80. The fraction of sp³-hybridized carbons (Fsp3) is 0.250. The van der Waals surface area contributed by atoms with Gasteiger partial charge in [0.05, 0.1) is 11.9 Å². The summed E-state index contributed by atoms with van der Waals surface area (Å²) in [4.78, 5) is 4.27. The fourth-order valence-corrected chi connectivity index (χ4v) is 1.29. The van der Waals surface area contributed by atoms with Crippen LogP contribution in [-0.2, 0) is 0 Å². The van der Waals surface area contributed by atoms with Gasteiger partial charge in [0, 0.05) is 11.4 Å². The normalized spacial score (nSPS) is 10.0. The largest absolute Gasteiger partial charge is 0.394 e. The zero-order valence-corrected chi connectivity index (χ0v) is 8.30. The van der Waals surface area contributed by atoms with Gasteiger partial charge < -0.3 is 5.73 Å². The predicted molar refractivity (Wildman–Crippen MR) is 54.1 cm³/mol. The topological polar surface area (TPSA) is 56.2 Å². The molecular weight excluding hydrogens is 188 g/mol. The number of hydrogen-bond donors (Lipinski definition) is 1. The number of nitrogen functional groups attached to an aromatic ring is 1. The second kappa shape index (κ2) is 3.22. The molecule has 4 nitrogen and oxygen atoms in total. The van der Waals surface area contributed by atoms with Crippen molar-refractivity contribution in [3.05, 3.63) is 23.7 Å². The minimum absolute atomic E-state index is 0. The van der Waals surface area contributed by atoms with Gasteiger partial charge in [0.15, 0.2) is 5.65 Å². The first-order valence-corrected chi connectivity index (χ1v) is 3.76. The highest BCUT2D eigenvalue weighted by atomic mass is 35.5. The molecule has 0 spiro atoms. The summed E-state index contributed by atoms with van der Waals surface area (Å²) in [6, 6.07) is 1.97. The van der Waals surface area contributed by atoms with Crippen LogP contribution in [-0.4, -0.2) is 14.6 Å². The molecule has 13 heavy (non-hydrogen) atoms. The molecule has 0 bridgehead atoms. The molecule has 0 amide bonds. The van der Waals surface area contributed by atoms with Crippen molar-refractivity contribution < 1.29 is 0 Å². The van der Waals surface area contributed by atoms with Crippen LogP contribution in [0, 0.1) is 13.8 Å². The van der Waals surface area contributed by atoms with Crippen molar-refractivity contribution in [2.45, 2.75) is 13.8 Å². The molecule has 0 aromatic carbocycles. The average Bonchev–Trinajstić information content (AvgIpc) is 2.33. The van der Waals surface area contributed by atoms with Gasteiger partial charge in [0.2, 0.25) is 0 Å². The SMILES string of the molecule is Cc1cc(C)n2ncc(N)c2n1.Cl. The van der Waals surface area contributed by atoms with Crippen molar-refractivity contribution in [1.82, 2.24) is 14.6 Å². The zero-order valence-electron chi connectivity index (χ0n) is 7.48. The van der Waals surface area contributed by atoms with Crippen molar-refractivity contribution in [3.8, 4) is 0 Å². The summed E-state index contributed by atoms with van der Waals surface area (Å²) in [5.74, 6) is 0. The van der Waals surface area contributed by atoms with Gasteiger partial charge in [-0.1, -0.05) is 0 Å². The Hall–Kier alpha value is -1.29. The standard InChI is InChI=1S/C8H10N4.ClH/c1-5-3-6(2)12-8(11-5)7(9)4-10-12;/h3-4H,9H2,1-2H3;1H. The van der Waals surface area contributed by atoms with Crippen LogP contribution in [0.1, 0.15) is 11.4 Å². The molecule has 2 aromatic rings. The molecule has 0 fully saturated rings. The van der Waals surface area contributed by atoms with Gasteiger partial charge in [-0.15, -0.1) is 12.4 Å². The van der Waals surface area contributed by atoms with E-state index in [0.717, 1.165) is 17.0 Å². The number of nitrogens with zero attached hydrogens (tertiary/aromatic N) is 3. The molecule has 0 aliphatic rings. The highest BCUT2D eigenvalue weighted by molar-refractivity contribution is 5.85. The van der Waals surface area contributed by atoms with Gasteiger partial charge in [-0.05, 0) is 19.9 Å². The first-order chi connectivity index (χ1) is 5.68. The molecule has 0 aliphatic heterocycles. The number of aryl methyl sites for hydroxylation is 2. The lowest BCUT2D eigenvalue weighted by atomic mass is 10.3. The number of halogens is 1. The number of aromatic nitrogens is 3. The maximum Gasteiger partial charge on any atom is 0.178 e. The predicted octanol–water partition coefficient (Wildman–Crippen LogP) is 1.35. The smallest absolute Gasteiger partial charge is 0.178 e. The zero-order chi connectivity index (χ0) is 8.72. The quantitative estimate of drug-likeness (QED) is 0.695. The van der Waals surface area contributed by atoms with E-state index in [0.29, 0.717) is 5.69 Å². The van der Waals surface area contributed by atoms with Crippen LogP contribution in [0.25, 0.3) is 5.65 Å². The summed E-state index contributed by atoms with van der Waals surface area (Å²) < 4.78 is 1.74. The second-order valence-electron chi connectivity index (χ2n) is 2.87. The van der Waals surface area contributed by atoms with Gasteiger partial charge in [-0.3, -0.25) is 0 Å². The Morgan fingerprint density at radius 3 is 2.77 bits per heavy atom. The molecule has 2 rings (SSSR count). The van der Waals surface area contributed by atoms with Gasteiger partial charge >= 0.3 is 0 Å². The average molecular weight is 199 g/mol. The Bertz CT molecular complexity index is 435. The molecule has 2 heterocycles. The van der Waals surface area contributed by atoms with E-state index < -0.39 is 0 Å². The van der Waals surface area contributed by atoms with Crippen LogP contribution >= 0.6 is 12.4 Å². The Morgan fingerprint density at radius 2 is 2.08 bits per heavy atom. The van der Waals surface area contributed by atoms with E-state index in [9.17, 15) is 0 Å². The van der Waals surface area contributed by atoms with Crippen LogP contribution in [0.4, 0.5) is 5.69 Å². The highest BCUT2D eigenvalue weighted by Crippen LogP contribution is 2.12. The minimum atomic E-state index is 0. The summed E-state index contributed by atoms with van der Waals surface area (Å²) in [5, 5.41) is 4.09. The van der Waals surface area contributed by atoms with E-state index in [-0.39, 0.29) is 12.4 Å². The van der Waals surface area contributed by atoms with Crippen molar-refractivity contribution in [2.24, 2.45) is 0 Å². The summed E-state index contributed by atoms with van der Waals surface area (Å²) >= 11 is 0. The molecule has 2 aromatic heterocycles. The van der Waals surface area contributed by atoms with E-state index in [4.69, 9.17) is 5.73 Å². The monoisotopic (exact) mass is 198 g/mol. The molecule has 0 radical (unpaired) electrons.